The maximum atomic E-state index is 12.9. The molecule has 4 nitrogen and oxygen atoms in total. The third kappa shape index (κ3) is 2.94. The number of ether oxygens (including phenoxy) is 1. The summed E-state index contributed by atoms with van der Waals surface area (Å²) in [5.41, 5.74) is 2.02. The van der Waals surface area contributed by atoms with Crippen molar-refractivity contribution in [3.8, 4) is 16.2 Å². The zero-order valence-electron chi connectivity index (χ0n) is 13.7. The quantitative estimate of drug-likeness (QED) is 0.556. The van der Waals surface area contributed by atoms with Crippen LogP contribution in [0.15, 0.2) is 71.8 Å². The molecule has 0 aliphatic heterocycles. The first kappa shape index (κ1) is 15.6. The lowest BCUT2D eigenvalue weighted by molar-refractivity contribution is 0.408. The fraction of sp³-hybridized carbons (Fsp3) is 0.100. The Bertz CT molecular complexity index is 1080. The van der Waals surface area contributed by atoms with Crippen LogP contribution in [-0.4, -0.2) is 16.7 Å². The summed E-state index contributed by atoms with van der Waals surface area (Å²) in [6.07, 6.45) is 1.61. The van der Waals surface area contributed by atoms with Gasteiger partial charge in [0, 0.05) is 10.4 Å². The van der Waals surface area contributed by atoms with Gasteiger partial charge in [0.2, 0.25) is 0 Å². The molecule has 2 heterocycles. The topological polar surface area (TPSA) is 44.1 Å². The molecule has 4 rings (SSSR count). The molecule has 0 fully saturated rings. The maximum absolute atomic E-state index is 12.9. The van der Waals surface area contributed by atoms with Gasteiger partial charge in [0.1, 0.15) is 10.6 Å². The molecule has 4 aromatic rings. The standard InChI is InChI=1S/C20H16N2O2S/c1-24-17-10-6-5-9-15(17)12-22-13-21-19-16(20(22)23)11-18(25-19)14-7-3-2-4-8-14/h2-11,13H,12H2,1H3. The number of benzene rings is 2. The first-order valence-corrected chi connectivity index (χ1v) is 8.74. The summed E-state index contributed by atoms with van der Waals surface area (Å²) in [6, 6.07) is 19.7. The predicted octanol–water partition coefficient (Wildman–Crippen LogP) is 4.18. The fourth-order valence-electron chi connectivity index (χ4n) is 2.83. The van der Waals surface area contributed by atoms with E-state index in [4.69, 9.17) is 4.74 Å². The lowest BCUT2D eigenvalue weighted by Gasteiger charge is -2.09. The first-order chi connectivity index (χ1) is 12.3. The van der Waals surface area contributed by atoms with Gasteiger partial charge in [-0.2, -0.15) is 0 Å². The summed E-state index contributed by atoms with van der Waals surface area (Å²) in [4.78, 5) is 19.2. The molecule has 0 unspecified atom stereocenters. The summed E-state index contributed by atoms with van der Waals surface area (Å²) in [6.45, 7) is 0.433. The SMILES string of the molecule is COc1ccccc1Cn1cnc2sc(-c3ccccc3)cc2c1=O. The third-order valence-electron chi connectivity index (χ3n) is 4.11. The number of aromatic nitrogens is 2. The number of rotatable bonds is 4. The van der Waals surface area contributed by atoms with E-state index >= 15 is 0 Å². The van der Waals surface area contributed by atoms with Crippen LogP contribution in [0.1, 0.15) is 5.56 Å². The maximum Gasteiger partial charge on any atom is 0.262 e. The van der Waals surface area contributed by atoms with Crippen molar-refractivity contribution in [1.29, 1.82) is 0 Å². The average Bonchev–Trinajstić information content (AvgIpc) is 3.10. The van der Waals surface area contributed by atoms with E-state index in [-0.39, 0.29) is 5.56 Å². The molecule has 0 aliphatic carbocycles. The molecule has 0 saturated heterocycles. The Labute approximate surface area is 149 Å². The molecule has 25 heavy (non-hydrogen) atoms. The monoisotopic (exact) mass is 348 g/mol. The van der Waals surface area contributed by atoms with E-state index in [0.29, 0.717) is 11.9 Å². The van der Waals surface area contributed by atoms with Crippen molar-refractivity contribution in [3.05, 3.63) is 82.9 Å². The zero-order valence-corrected chi connectivity index (χ0v) is 14.5. The number of nitrogens with zero attached hydrogens (tertiary/aromatic N) is 2. The zero-order chi connectivity index (χ0) is 17.2. The largest absolute Gasteiger partial charge is 0.496 e. The van der Waals surface area contributed by atoms with E-state index in [1.165, 1.54) is 11.3 Å². The molecule has 0 spiro atoms. The van der Waals surface area contributed by atoms with Crippen molar-refractivity contribution >= 4 is 21.6 Å². The lowest BCUT2D eigenvalue weighted by atomic mass is 10.2. The van der Waals surface area contributed by atoms with E-state index in [2.05, 4.69) is 4.98 Å². The molecule has 0 amide bonds. The van der Waals surface area contributed by atoms with Crippen molar-refractivity contribution in [2.24, 2.45) is 0 Å². The minimum absolute atomic E-state index is 0.0330. The van der Waals surface area contributed by atoms with Crippen LogP contribution in [0.2, 0.25) is 0 Å². The summed E-state index contributed by atoms with van der Waals surface area (Å²) >= 11 is 1.54. The molecular formula is C20H16N2O2S. The summed E-state index contributed by atoms with van der Waals surface area (Å²) in [5, 5.41) is 0.654. The molecule has 2 aromatic carbocycles. The second-order valence-electron chi connectivity index (χ2n) is 5.68. The Hall–Kier alpha value is -2.92. The normalized spacial score (nSPS) is 10.9. The van der Waals surface area contributed by atoms with Gasteiger partial charge >= 0.3 is 0 Å². The highest BCUT2D eigenvalue weighted by Crippen LogP contribution is 2.30. The van der Waals surface area contributed by atoms with Crippen LogP contribution in [0.5, 0.6) is 5.75 Å². The van der Waals surface area contributed by atoms with Crippen molar-refractivity contribution in [3.63, 3.8) is 0 Å². The Balaban J connectivity index is 1.77. The number of hydrogen-bond donors (Lipinski definition) is 0. The van der Waals surface area contributed by atoms with Crippen LogP contribution < -0.4 is 10.3 Å². The second-order valence-corrected chi connectivity index (χ2v) is 6.72. The third-order valence-corrected chi connectivity index (χ3v) is 5.20. The molecule has 0 radical (unpaired) electrons. The molecule has 0 bridgehead atoms. The van der Waals surface area contributed by atoms with E-state index in [1.54, 1.807) is 18.0 Å². The fourth-order valence-corrected chi connectivity index (χ4v) is 3.83. The minimum Gasteiger partial charge on any atom is -0.496 e. The van der Waals surface area contributed by atoms with Gasteiger partial charge in [0.25, 0.3) is 5.56 Å². The van der Waals surface area contributed by atoms with Gasteiger partial charge in [0.15, 0.2) is 0 Å². The highest BCUT2D eigenvalue weighted by molar-refractivity contribution is 7.21. The van der Waals surface area contributed by atoms with Gasteiger partial charge in [-0.3, -0.25) is 9.36 Å². The first-order valence-electron chi connectivity index (χ1n) is 7.92. The highest BCUT2D eigenvalue weighted by Gasteiger charge is 2.11. The van der Waals surface area contributed by atoms with Crippen molar-refractivity contribution in [2.45, 2.75) is 6.54 Å². The lowest BCUT2D eigenvalue weighted by Crippen LogP contribution is -2.20. The van der Waals surface area contributed by atoms with Crippen LogP contribution in [0, 0.1) is 0 Å². The van der Waals surface area contributed by atoms with Crippen molar-refractivity contribution in [1.82, 2.24) is 9.55 Å². The summed E-state index contributed by atoms with van der Waals surface area (Å²) < 4.78 is 7.00. The molecule has 2 aromatic heterocycles. The van der Waals surface area contributed by atoms with Crippen LogP contribution in [0.3, 0.4) is 0 Å². The second kappa shape index (κ2) is 6.53. The Morgan fingerprint density at radius 2 is 1.84 bits per heavy atom. The number of methoxy groups -OCH3 is 1. The number of thiophene rings is 1. The van der Waals surface area contributed by atoms with Gasteiger partial charge in [-0.25, -0.2) is 4.98 Å². The Morgan fingerprint density at radius 3 is 2.64 bits per heavy atom. The van der Waals surface area contributed by atoms with Gasteiger partial charge in [-0.15, -0.1) is 11.3 Å². The van der Waals surface area contributed by atoms with Crippen molar-refractivity contribution in [2.75, 3.05) is 7.11 Å². The van der Waals surface area contributed by atoms with E-state index in [1.807, 2.05) is 60.7 Å². The van der Waals surface area contributed by atoms with Gasteiger partial charge < -0.3 is 4.74 Å². The summed E-state index contributed by atoms with van der Waals surface area (Å²) in [5.74, 6) is 0.768. The average molecular weight is 348 g/mol. The Morgan fingerprint density at radius 1 is 1.08 bits per heavy atom. The van der Waals surface area contributed by atoms with Gasteiger partial charge in [-0.05, 0) is 17.7 Å². The van der Waals surface area contributed by atoms with E-state index in [9.17, 15) is 4.79 Å². The number of fused-ring (bicyclic) bond motifs is 1. The molecule has 5 heteroatoms. The molecular weight excluding hydrogens is 332 g/mol. The smallest absolute Gasteiger partial charge is 0.262 e. The van der Waals surface area contributed by atoms with E-state index in [0.717, 1.165) is 26.6 Å². The minimum atomic E-state index is -0.0330. The van der Waals surface area contributed by atoms with Crippen LogP contribution >= 0.6 is 11.3 Å². The van der Waals surface area contributed by atoms with Crippen molar-refractivity contribution < 1.29 is 4.74 Å². The van der Waals surface area contributed by atoms with Crippen LogP contribution in [0.4, 0.5) is 0 Å². The van der Waals surface area contributed by atoms with E-state index < -0.39 is 0 Å². The van der Waals surface area contributed by atoms with Gasteiger partial charge in [0.05, 0.1) is 25.4 Å². The Kier molecular flexibility index (Phi) is 4.07. The number of hydrogen-bond acceptors (Lipinski definition) is 4. The van der Waals surface area contributed by atoms with Crippen LogP contribution in [-0.2, 0) is 6.54 Å². The summed E-state index contributed by atoms with van der Waals surface area (Å²) in [7, 11) is 1.63. The number of para-hydroxylation sites is 1. The highest BCUT2D eigenvalue weighted by atomic mass is 32.1. The predicted molar refractivity (Wildman–Crippen MR) is 101 cm³/mol. The molecule has 124 valence electrons. The van der Waals surface area contributed by atoms with Crippen LogP contribution in [0.25, 0.3) is 20.7 Å². The van der Waals surface area contributed by atoms with Gasteiger partial charge in [-0.1, -0.05) is 48.5 Å². The molecule has 0 aliphatic rings. The molecule has 0 atom stereocenters. The molecule has 0 N–H and O–H groups in total. The molecule has 0 saturated carbocycles.